The third-order valence-electron chi connectivity index (χ3n) is 2.57. The molecule has 2 aromatic rings. The predicted octanol–water partition coefficient (Wildman–Crippen LogP) is 0.811. The third-order valence-corrected chi connectivity index (χ3v) is 2.57. The summed E-state index contributed by atoms with van der Waals surface area (Å²) in [7, 11) is 0. The van der Waals surface area contributed by atoms with Crippen LogP contribution >= 0.6 is 0 Å². The van der Waals surface area contributed by atoms with Crippen molar-refractivity contribution in [3.05, 3.63) is 22.4 Å². The van der Waals surface area contributed by atoms with Gasteiger partial charge in [-0.3, -0.25) is 0 Å². The van der Waals surface area contributed by atoms with Gasteiger partial charge < -0.3 is 10.1 Å². The fourth-order valence-corrected chi connectivity index (χ4v) is 1.76. The molecule has 2 heterocycles. The van der Waals surface area contributed by atoms with Gasteiger partial charge in [0.05, 0.1) is 6.61 Å². The van der Waals surface area contributed by atoms with E-state index in [4.69, 9.17) is 4.74 Å². The van der Waals surface area contributed by atoms with Gasteiger partial charge in [0.1, 0.15) is 11.6 Å². The Labute approximate surface area is 111 Å². The molecule has 104 valence electrons. The van der Waals surface area contributed by atoms with Crippen LogP contribution in [0.25, 0.3) is 5.65 Å². The zero-order valence-electron chi connectivity index (χ0n) is 11.4. The number of anilines is 1. The van der Waals surface area contributed by atoms with Crippen molar-refractivity contribution in [3.63, 3.8) is 0 Å². The highest BCUT2D eigenvalue weighted by atomic mass is 16.5. The van der Waals surface area contributed by atoms with E-state index in [9.17, 15) is 4.79 Å². The van der Waals surface area contributed by atoms with Crippen molar-refractivity contribution in [2.75, 3.05) is 25.1 Å². The Morgan fingerprint density at radius 2 is 2.32 bits per heavy atom. The van der Waals surface area contributed by atoms with Crippen LogP contribution in [0.1, 0.15) is 19.7 Å². The van der Waals surface area contributed by atoms with Gasteiger partial charge in [-0.2, -0.15) is 5.10 Å². The molecule has 0 unspecified atom stereocenters. The Kier molecular flexibility index (Phi) is 4.16. The maximum atomic E-state index is 11.4. The van der Waals surface area contributed by atoms with Gasteiger partial charge in [0.2, 0.25) is 0 Å². The topological polar surface area (TPSA) is 84.3 Å². The van der Waals surface area contributed by atoms with Crippen molar-refractivity contribution in [1.82, 2.24) is 19.6 Å². The number of fused-ring (bicyclic) bond motifs is 1. The number of nitrogens with one attached hydrogen (secondary N) is 2. The predicted molar refractivity (Wildman–Crippen MR) is 72.5 cm³/mol. The molecular weight excluding hydrogens is 246 g/mol. The van der Waals surface area contributed by atoms with Crippen molar-refractivity contribution in [3.8, 4) is 0 Å². The molecule has 0 aliphatic carbocycles. The van der Waals surface area contributed by atoms with Gasteiger partial charge in [0.15, 0.2) is 5.65 Å². The lowest BCUT2D eigenvalue weighted by molar-refractivity contribution is 0.118. The summed E-state index contributed by atoms with van der Waals surface area (Å²) < 4.78 is 6.90. The van der Waals surface area contributed by atoms with Crippen LogP contribution in [0.5, 0.6) is 0 Å². The second-order valence-corrected chi connectivity index (χ2v) is 4.81. The number of aromatic nitrogens is 4. The molecule has 2 N–H and O–H groups in total. The summed E-state index contributed by atoms with van der Waals surface area (Å²) in [5.41, 5.74) is 0.287. The zero-order valence-corrected chi connectivity index (χ0v) is 11.4. The molecule has 0 saturated heterocycles. The molecule has 0 saturated carbocycles. The summed E-state index contributed by atoms with van der Waals surface area (Å²) in [6.45, 7) is 8.04. The van der Waals surface area contributed by atoms with E-state index in [0.29, 0.717) is 36.4 Å². The van der Waals surface area contributed by atoms with Crippen LogP contribution in [-0.2, 0) is 4.74 Å². The number of aromatic amines is 1. The van der Waals surface area contributed by atoms with E-state index in [1.807, 2.05) is 0 Å². The second kappa shape index (κ2) is 5.83. The molecule has 2 rings (SSSR count). The van der Waals surface area contributed by atoms with Gasteiger partial charge in [-0.05, 0) is 12.8 Å². The van der Waals surface area contributed by atoms with E-state index in [1.165, 1.54) is 4.40 Å². The lowest BCUT2D eigenvalue weighted by atomic mass is 10.2. The van der Waals surface area contributed by atoms with Gasteiger partial charge in [-0.25, -0.2) is 19.3 Å². The van der Waals surface area contributed by atoms with Gasteiger partial charge >= 0.3 is 5.69 Å². The highest BCUT2D eigenvalue weighted by Crippen LogP contribution is 2.07. The molecule has 0 aliphatic heterocycles. The average Bonchev–Trinajstić information content (AvgIpc) is 2.70. The van der Waals surface area contributed by atoms with Gasteiger partial charge in [0.25, 0.3) is 0 Å². The minimum atomic E-state index is -0.271. The number of ether oxygens (including phenoxy) is 1. The second-order valence-electron chi connectivity index (χ2n) is 4.81. The Morgan fingerprint density at radius 1 is 1.53 bits per heavy atom. The van der Waals surface area contributed by atoms with Crippen molar-refractivity contribution < 1.29 is 4.74 Å². The smallest absolute Gasteiger partial charge is 0.349 e. The standard InChI is InChI=1S/C12H19N5O2/c1-8(2)7-19-5-4-13-10-6-11-15-16-12(18)17(11)9(3)14-10/h6,8,13H,4-5,7H2,1-3H3,(H,16,18). The molecule has 7 nitrogen and oxygen atoms in total. The normalized spacial score (nSPS) is 11.4. The summed E-state index contributed by atoms with van der Waals surface area (Å²) >= 11 is 0. The lowest BCUT2D eigenvalue weighted by Gasteiger charge is -2.09. The molecule has 0 atom stereocenters. The number of rotatable bonds is 6. The number of hydrogen-bond acceptors (Lipinski definition) is 5. The maximum absolute atomic E-state index is 11.4. The van der Waals surface area contributed by atoms with Crippen molar-refractivity contribution in [2.24, 2.45) is 5.92 Å². The van der Waals surface area contributed by atoms with E-state index in [-0.39, 0.29) is 5.69 Å². The quantitative estimate of drug-likeness (QED) is 0.755. The fraction of sp³-hybridized carbons (Fsp3) is 0.583. The number of aryl methyl sites for hydroxylation is 1. The molecule has 0 fully saturated rings. The Bertz CT molecular complexity index is 602. The monoisotopic (exact) mass is 265 g/mol. The number of nitrogens with zero attached hydrogens (tertiary/aromatic N) is 3. The van der Waals surface area contributed by atoms with E-state index < -0.39 is 0 Å². The van der Waals surface area contributed by atoms with E-state index in [2.05, 4.69) is 34.3 Å². The largest absolute Gasteiger partial charge is 0.379 e. The molecule has 0 bridgehead atoms. The summed E-state index contributed by atoms with van der Waals surface area (Å²) in [5, 5.41) is 9.48. The summed E-state index contributed by atoms with van der Waals surface area (Å²) in [6, 6.07) is 1.73. The minimum Gasteiger partial charge on any atom is -0.379 e. The lowest BCUT2D eigenvalue weighted by Crippen LogP contribution is -2.16. The average molecular weight is 265 g/mol. The summed E-state index contributed by atoms with van der Waals surface area (Å²) in [6.07, 6.45) is 0. The molecule has 0 amide bonds. The van der Waals surface area contributed by atoms with Crippen LogP contribution in [-0.4, -0.2) is 39.3 Å². The molecule has 0 radical (unpaired) electrons. The summed E-state index contributed by atoms with van der Waals surface area (Å²) in [5.74, 6) is 1.83. The Morgan fingerprint density at radius 3 is 3.05 bits per heavy atom. The van der Waals surface area contributed by atoms with Crippen molar-refractivity contribution >= 4 is 11.5 Å². The first-order valence-corrected chi connectivity index (χ1v) is 6.34. The summed E-state index contributed by atoms with van der Waals surface area (Å²) in [4.78, 5) is 15.7. The SMILES string of the molecule is Cc1nc(NCCOCC(C)C)cc2n[nH]c(=O)n12. The van der Waals surface area contributed by atoms with E-state index >= 15 is 0 Å². The third kappa shape index (κ3) is 3.31. The first-order valence-electron chi connectivity index (χ1n) is 6.34. The van der Waals surface area contributed by atoms with Crippen LogP contribution < -0.4 is 11.0 Å². The first-order chi connectivity index (χ1) is 9.08. The number of hydrogen-bond donors (Lipinski definition) is 2. The molecule has 0 spiro atoms. The Balaban J connectivity index is 1.96. The van der Waals surface area contributed by atoms with Crippen LogP contribution in [0, 0.1) is 12.8 Å². The molecule has 0 aliphatic rings. The molecule has 7 heteroatoms. The van der Waals surface area contributed by atoms with Crippen LogP contribution in [0.15, 0.2) is 10.9 Å². The maximum Gasteiger partial charge on any atom is 0.349 e. The zero-order chi connectivity index (χ0) is 13.8. The Hall–Kier alpha value is -1.89. The highest BCUT2D eigenvalue weighted by molar-refractivity contribution is 5.49. The van der Waals surface area contributed by atoms with Crippen molar-refractivity contribution in [1.29, 1.82) is 0 Å². The number of H-pyrrole nitrogens is 1. The van der Waals surface area contributed by atoms with Crippen LogP contribution in [0.2, 0.25) is 0 Å². The van der Waals surface area contributed by atoms with Gasteiger partial charge in [-0.1, -0.05) is 13.8 Å². The van der Waals surface area contributed by atoms with E-state index in [0.717, 1.165) is 6.61 Å². The van der Waals surface area contributed by atoms with Crippen molar-refractivity contribution in [2.45, 2.75) is 20.8 Å². The molecular formula is C12H19N5O2. The minimum absolute atomic E-state index is 0.271. The van der Waals surface area contributed by atoms with E-state index in [1.54, 1.807) is 13.0 Å². The van der Waals surface area contributed by atoms with Crippen LogP contribution in [0.3, 0.4) is 0 Å². The molecule has 19 heavy (non-hydrogen) atoms. The highest BCUT2D eigenvalue weighted by Gasteiger charge is 2.06. The molecule has 0 aromatic carbocycles. The first kappa shape index (κ1) is 13.5. The van der Waals surface area contributed by atoms with Gasteiger partial charge in [0, 0.05) is 19.2 Å². The fourth-order valence-electron chi connectivity index (χ4n) is 1.76. The van der Waals surface area contributed by atoms with Gasteiger partial charge in [-0.15, -0.1) is 0 Å². The molecule has 2 aromatic heterocycles. The van der Waals surface area contributed by atoms with Crippen LogP contribution in [0.4, 0.5) is 5.82 Å².